The summed E-state index contributed by atoms with van der Waals surface area (Å²) in [4.78, 5) is 53.6. The molecule has 34 heavy (non-hydrogen) atoms. The lowest BCUT2D eigenvalue weighted by atomic mass is 9.98. The molecule has 2 N–H and O–H groups in total. The molecule has 4 atom stereocenters. The van der Waals surface area contributed by atoms with Crippen molar-refractivity contribution in [1.29, 1.82) is 0 Å². The molecule has 0 bridgehead atoms. The lowest BCUT2D eigenvalue weighted by Gasteiger charge is -2.38. The third-order valence-electron chi connectivity index (χ3n) is 6.66. The van der Waals surface area contributed by atoms with Gasteiger partial charge in [-0.15, -0.1) is 0 Å². The number of nitrogens with one attached hydrogen (secondary N) is 2. The fraction of sp³-hybridized carbons (Fsp3) is 0.818. The minimum Gasteiger partial charge on any atom is -0.378 e. The topological polar surface area (TPSA) is 105 Å². The number of halogens is 3. The number of ketones is 1. The Kier molecular flexibility index (Phi) is 9.09. The molecule has 0 saturated carbocycles. The molecule has 2 fully saturated rings. The van der Waals surface area contributed by atoms with Gasteiger partial charge >= 0.3 is 24.1 Å². The highest BCUT2D eigenvalue weighted by Crippen LogP contribution is 2.31. The van der Waals surface area contributed by atoms with Crippen LogP contribution >= 0.6 is 0 Å². The predicted molar refractivity (Wildman–Crippen MR) is 117 cm³/mol. The van der Waals surface area contributed by atoms with Crippen molar-refractivity contribution in [2.75, 3.05) is 32.8 Å². The Labute approximate surface area is 197 Å². The number of amides is 5. The summed E-state index contributed by atoms with van der Waals surface area (Å²) < 4.78 is 43.9. The van der Waals surface area contributed by atoms with E-state index in [0.29, 0.717) is 39.1 Å². The van der Waals surface area contributed by atoms with Crippen molar-refractivity contribution in [2.24, 2.45) is 11.8 Å². The Bertz CT molecular complexity index is 783. The average Bonchev–Trinajstić information content (AvgIpc) is 3.16. The van der Waals surface area contributed by atoms with Crippen molar-refractivity contribution in [3.05, 3.63) is 0 Å². The van der Waals surface area contributed by atoms with Crippen molar-refractivity contribution in [3.8, 4) is 0 Å². The molecule has 0 aliphatic carbocycles. The first-order valence-corrected chi connectivity index (χ1v) is 11.7. The summed E-state index contributed by atoms with van der Waals surface area (Å²) in [5.41, 5.74) is 0. The van der Waals surface area contributed by atoms with Crippen LogP contribution in [0.15, 0.2) is 0 Å². The molecule has 12 heteroatoms. The molecule has 0 radical (unpaired) electrons. The SMILES string of the molecule is CC(C)C(NC(=O)[N+]1(C(=O)[C@@H](NC(=O)N2CCOCC2)C(C)C)CCC[C@H]1C)C(=O)C(F)(F)F. The number of nitrogens with zero attached hydrogens (tertiary/aromatic N) is 2. The number of hydrogen-bond acceptors (Lipinski definition) is 5. The number of carbonyl (C=O) groups excluding carboxylic acids is 4. The van der Waals surface area contributed by atoms with E-state index in [-0.39, 0.29) is 12.5 Å². The maximum Gasteiger partial charge on any atom is 0.452 e. The second-order valence-electron chi connectivity index (χ2n) is 9.73. The van der Waals surface area contributed by atoms with Gasteiger partial charge < -0.3 is 15.0 Å². The lowest BCUT2D eigenvalue weighted by molar-refractivity contribution is -0.786. The zero-order valence-corrected chi connectivity index (χ0v) is 20.4. The fourth-order valence-electron chi connectivity index (χ4n) is 4.52. The van der Waals surface area contributed by atoms with Gasteiger partial charge in [-0.05, 0) is 18.8 Å². The molecule has 9 nitrogen and oxygen atoms in total. The van der Waals surface area contributed by atoms with Gasteiger partial charge in [0.2, 0.25) is 0 Å². The molecule has 194 valence electrons. The van der Waals surface area contributed by atoms with E-state index in [2.05, 4.69) is 10.6 Å². The number of hydrogen-bond donors (Lipinski definition) is 2. The Hall–Kier alpha value is -2.21. The number of rotatable bonds is 6. The van der Waals surface area contributed by atoms with E-state index < -0.39 is 58.5 Å². The molecule has 0 aromatic heterocycles. The van der Waals surface area contributed by atoms with E-state index in [1.807, 2.05) is 0 Å². The number of carbonyl (C=O) groups is 4. The van der Waals surface area contributed by atoms with E-state index in [1.54, 1.807) is 20.8 Å². The second kappa shape index (κ2) is 11.0. The first-order valence-electron chi connectivity index (χ1n) is 11.7. The highest BCUT2D eigenvalue weighted by atomic mass is 19.4. The molecule has 2 heterocycles. The Morgan fingerprint density at radius 2 is 1.53 bits per heavy atom. The van der Waals surface area contributed by atoms with Crippen molar-refractivity contribution >= 4 is 23.8 Å². The monoisotopic (exact) mass is 493 g/mol. The van der Waals surface area contributed by atoms with Gasteiger partial charge in [0.15, 0.2) is 0 Å². The van der Waals surface area contributed by atoms with Crippen molar-refractivity contribution in [1.82, 2.24) is 15.5 Å². The van der Waals surface area contributed by atoms with Crippen LogP contribution in [0.4, 0.5) is 22.8 Å². The third-order valence-corrected chi connectivity index (χ3v) is 6.66. The maximum absolute atomic E-state index is 13.8. The van der Waals surface area contributed by atoms with Gasteiger partial charge in [-0.3, -0.25) is 10.1 Å². The first kappa shape index (κ1) is 28.0. The molecule has 2 aliphatic rings. The fourth-order valence-corrected chi connectivity index (χ4v) is 4.52. The molecule has 0 spiro atoms. The molecule has 2 aliphatic heterocycles. The summed E-state index contributed by atoms with van der Waals surface area (Å²) in [5, 5.41) is 4.96. The number of Topliss-reactive ketones (excluding diaryl/α,β-unsaturated/α-hetero) is 1. The molecular formula is C22H36F3N4O5+. The second-order valence-corrected chi connectivity index (χ2v) is 9.73. The molecule has 2 rings (SSSR count). The number of ether oxygens (including phenoxy) is 1. The minimum absolute atomic E-state index is 0.0769. The summed E-state index contributed by atoms with van der Waals surface area (Å²) in [5.74, 6) is -3.88. The van der Waals surface area contributed by atoms with Gasteiger partial charge in [-0.25, -0.2) is 14.4 Å². The van der Waals surface area contributed by atoms with E-state index in [0.717, 1.165) is 0 Å². The van der Waals surface area contributed by atoms with Crippen LogP contribution in [-0.2, 0) is 14.3 Å². The van der Waals surface area contributed by atoms with Crippen LogP contribution in [0.3, 0.4) is 0 Å². The van der Waals surface area contributed by atoms with Crippen LogP contribution in [0.5, 0.6) is 0 Å². The van der Waals surface area contributed by atoms with Crippen LogP contribution in [0.1, 0.15) is 47.5 Å². The molecular weight excluding hydrogens is 457 g/mol. The van der Waals surface area contributed by atoms with Gasteiger partial charge in [0, 0.05) is 25.9 Å². The highest BCUT2D eigenvalue weighted by molar-refractivity contribution is 5.95. The van der Waals surface area contributed by atoms with Crippen molar-refractivity contribution in [2.45, 2.75) is 71.8 Å². The molecule has 2 saturated heterocycles. The van der Waals surface area contributed by atoms with E-state index in [1.165, 1.54) is 18.7 Å². The summed E-state index contributed by atoms with van der Waals surface area (Å²) >= 11 is 0. The number of imide groups is 1. The van der Waals surface area contributed by atoms with Gasteiger partial charge in [0.25, 0.3) is 5.78 Å². The standard InChI is InChI=1S/C22H35F3N4O5/c1-13(2)16(18(30)22(23,24)25)27-21(33)29(10-6-7-15(29)5)19(31)17(14(3)4)26-20(32)28-8-11-34-12-9-28/h13-17H,6-12H2,1-5H3,(H-,26,27,32,33)/p+1/t15-,16?,17+,29?/m1/s1. The largest absolute Gasteiger partial charge is 0.452 e. The maximum atomic E-state index is 13.8. The number of quaternary nitrogens is 1. The van der Waals surface area contributed by atoms with Crippen LogP contribution in [0.2, 0.25) is 0 Å². The van der Waals surface area contributed by atoms with Crippen LogP contribution in [0.25, 0.3) is 0 Å². The Morgan fingerprint density at radius 1 is 0.971 bits per heavy atom. The zero-order chi connectivity index (χ0) is 25.8. The summed E-state index contributed by atoms with van der Waals surface area (Å²) in [7, 11) is 0. The van der Waals surface area contributed by atoms with E-state index >= 15 is 0 Å². The predicted octanol–water partition coefficient (Wildman–Crippen LogP) is 2.44. The third kappa shape index (κ3) is 5.88. The van der Waals surface area contributed by atoms with Crippen LogP contribution in [0, 0.1) is 11.8 Å². The van der Waals surface area contributed by atoms with E-state index in [9.17, 15) is 32.3 Å². The number of likely N-dealkylation sites (tertiary alicyclic amines) is 1. The summed E-state index contributed by atoms with van der Waals surface area (Å²) in [6, 6.07) is -4.80. The summed E-state index contributed by atoms with van der Waals surface area (Å²) in [6.07, 6.45) is -4.12. The van der Waals surface area contributed by atoms with Gasteiger partial charge in [-0.1, -0.05) is 27.7 Å². The Balaban J connectivity index is 2.34. The normalized spacial score (nSPS) is 25.2. The smallest absolute Gasteiger partial charge is 0.378 e. The van der Waals surface area contributed by atoms with Gasteiger partial charge in [0.05, 0.1) is 19.8 Å². The van der Waals surface area contributed by atoms with E-state index in [4.69, 9.17) is 4.74 Å². The quantitative estimate of drug-likeness (QED) is 0.553. The number of urea groups is 2. The van der Waals surface area contributed by atoms with Crippen LogP contribution < -0.4 is 10.6 Å². The number of alkyl halides is 3. The number of morpholine rings is 1. The Morgan fingerprint density at radius 3 is 1.97 bits per heavy atom. The molecule has 0 aromatic carbocycles. The summed E-state index contributed by atoms with van der Waals surface area (Å²) in [6.45, 7) is 9.46. The van der Waals surface area contributed by atoms with Gasteiger partial charge in [-0.2, -0.15) is 17.7 Å². The molecule has 0 aromatic rings. The first-order chi connectivity index (χ1) is 15.7. The van der Waals surface area contributed by atoms with Crippen molar-refractivity contribution in [3.63, 3.8) is 0 Å². The minimum atomic E-state index is -5.12. The molecule has 2 unspecified atom stereocenters. The highest BCUT2D eigenvalue weighted by Gasteiger charge is 2.57. The lowest BCUT2D eigenvalue weighted by Crippen LogP contribution is -2.70. The van der Waals surface area contributed by atoms with Gasteiger partial charge in [0.1, 0.15) is 18.1 Å². The van der Waals surface area contributed by atoms with Crippen molar-refractivity contribution < 1.29 is 41.6 Å². The average molecular weight is 494 g/mol. The van der Waals surface area contributed by atoms with Crippen LogP contribution in [-0.4, -0.2) is 90.3 Å². The zero-order valence-electron chi connectivity index (χ0n) is 20.4. The molecule has 5 amide bonds.